The normalized spacial score (nSPS) is 15.2. The molecule has 1 fully saturated rings. The molecule has 9 nitrogen and oxygen atoms in total. The number of non-ortho nitro benzene ring substituents is 1. The van der Waals surface area contributed by atoms with E-state index < -0.39 is 20.9 Å². The lowest BCUT2D eigenvalue weighted by molar-refractivity contribution is -0.384. The van der Waals surface area contributed by atoms with Gasteiger partial charge in [-0.05, 0) is 18.2 Å². The number of hydrogen-bond acceptors (Lipinski definition) is 6. The summed E-state index contributed by atoms with van der Waals surface area (Å²) < 4.78 is 30.3. The molecule has 1 aliphatic rings. The number of benzene rings is 2. The highest BCUT2D eigenvalue weighted by Gasteiger charge is 2.29. The summed E-state index contributed by atoms with van der Waals surface area (Å²) in [5, 5.41) is 11.1. The zero-order valence-electron chi connectivity index (χ0n) is 15.1. The summed E-state index contributed by atoms with van der Waals surface area (Å²) in [5.74, 6) is 0.252. The van der Waals surface area contributed by atoms with Crippen LogP contribution in [0.25, 0.3) is 0 Å². The van der Waals surface area contributed by atoms with E-state index in [9.17, 15) is 23.3 Å². The second-order valence-corrected chi connectivity index (χ2v) is 8.29. The Labute approximate surface area is 162 Å². The molecular weight excluding hydrogens is 386 g/mol. The molecule has 1 amide bonds. The SMILES string of the molecule is CS(=O)(=O)N1CCN(C(=O)c2cc([N+](=O)[O-])ccc2Oc2ccccc2)CC1. The van der Waals surface area contributed by atoms with Crippen molar-refractivity contribution in [3.63, 3.8) is 0 Å². The molecule has 0 unspecified atom stereocenters. The number of rotatable bonds is 5. The molecule has 0 aromatic heterocycles. The number of ether oxygens (including phenoxy) is 1. The number of carbonyl (C=O) groups excluding carboxylic acids is 1. The third kappa shape index (κ3) is 4.46. The van der Waals surface area contributed by atoms with Crippen molar-refractivity contribution in [3.8, 4) is 11.5 Å². The van der Waals surface area contributed by atoms with Crippen LogP contribution in [0.4, 0.5) is 5.69 Å². The first kappa shape index (κ1) is 19.8. The van der Waals surface area contributed by atoms with Gasteiger partial charge in [0.2, 0.25) is 10.0 Å². The van der Waals surface area contributed by atoms with Gasteiger partial charge in [0.1, 0.15) is 11.5 Å². The van der Waals surface area contributed by atoms with Gasteiger partial charge in [-0.2, -0.15) is 4.31 Å². The summed E-state index contributed by atoms with van der Waals surface area (Å²) in [6, 6.07) is 12.6. The van der Waals surface area contributed by atoms with E-state index in [2.05, 4.69) is 0 Å². The molecule has 1 aliphatic heterocycles. The third-order valence-electron chi connectivity index (χ3n) is 4.37. The molecule has 2 aromatic carbocycles. The van der Waals surface area contributed by atoms with Crippen LogP contribution >= 0.6 is 0 Å². The van der Waals surface area contributed by atoms with Gasteiger partial charge < -0.3 is 9.64 Å². The largest absolute Gasteiger partial charge is 0.457 e. The van der Waals surface area contributed by atoms with Crippen LogP contribution in [-0.4, -0.2) is 60.9 Å². The van der Waals surface area contributed by atoms with Crippen molar-refractivity contribution in [1.29, 1.82) is 0 Å². The predicted octanol–water partition coefficient (Wildman–Crippen LogP) is 2.10. The molecule has 0 spiro atoms. The van der Waals surface area contributed by atoms with Gasteiger partial charge in [0.15, 0.2) is 0 Å². The summed E-state index contributed by atoms with van der Waals surface area (Å²) in [6.07, 6.45) is 1.12. The zero-order valence-corrected chi connectivity index (χ0v) is 16.0. The lowest BCUT2D eigenvalue weighted by atomic mass is 10.1. The molecule has 2 aromatic rings. The molecule has 10 heteroatoms. The van der Waals surface area contributed by atoms with E-state index in [1.165, 1.54) is 27.4 Å². The zero-order chi connectivity index (χ0) is 20.3. The van der Waals surface area contributed by atoms with Crippen LogP contribution in [0, 0.1) is 10.1 Å². The molecule has 1 saturated heterocycles. The molecule has 0 saturated carbocycles. The number of sulfonamides is 1. The first-order valence-corrected chi connectivity index (χ1v) is 10.4. The number of carbonyl (C=O) groups is 1. The van der Waals surface area contributed by atoms with E-state index in [-0.39, 0.29) is 43.2 Å². The van der Waals surface area contributed by atoms with E-state index >= 15 is 0 Å². The van der Waals surface area contributed by atoms with Gasteiger partial charge in [0.25, 0.3) is 11.6 Å². The highest BCUT2D eigenvalue weighted by atomic mass is 32.2. The van der Waals surface area contributed by atoms with Gasteiger partial charge in [-0.3, -0.25) is 14.9 Å². The first-order valence-electron chi connectivity index (χ1n) is 8.51. The van der Waals surface area contributed by atoms with Crippen LogP contribution in [0.15, 0.2) is 48.5 Å². The minimum absolute atomic E-state index is 0.0610. The summed E-state index contributed by atoms with van der Waals surface area (Å²) in [5.41, 5.74) is -0.163. The van der Waals surface area contributed by atoms with E-state index in [4.69, 9.17) is 4.74 Å². The van der Waals surface area contributed by atoms with Crippen molar-refractivity contribution in [3.05, 3.63) is 64.2 Å². The number of nitrogens with zero attached hydrogens (tertiary/aromatic N) is 3. The maximum absolute atomic E-state index is 13.0. The number of nitro benzene ring substituents is 1. The van der Waals surface area contributed by atoms with Crippen molar-refractivity contribution in [2.24, 2.45) is 0 Å². The average Bonchev–Trinajstić information content (AvgIpc) is 2.68. The van der Waals surface area contributed by atoms with E-state index in [1.54, 1.807) is 24.3 Å². The molecular formula is C18H19N3O6S. The van der Waals surface area contributed by atoms with Crippen LogP contribution in [-0.2, 0) is 10.0 Å². The van der Waals surface area contributed by atoms with Gasteiger partial charge in [-0.1, -0.05) is 18.2 Å². The number of nitro groups is 1. The molecule has 1 heterocycles. The Hall–Kier alpha value is -2.98. The van der Waals surface area contributed by atoms with Crippen molar-refractivity contribution in [2.45, 2.75) is 0 Å². The fourth-order valence-electron chi connectivity index (χ4n) is 2.90. The van der Waals surface area contributed by atoms with Gasteiger partial charge >= 0.3 is 0 Å². The maximum atomic E-state index is 13.0. The second kappa shape index (κ2) is 7.95. The molecule has 3 rings (SSSR count). The smallest absolute Gasteiger partial charge is 0.270 e. The number of hydrogen-bond donors (Lipinski definition) is 0. The first-order chi connectivity index (χ1) is 13.3. The maximum Gasteiger partial charge on any atom is 0.270 e. The van der Waals surface area contributed by atoms with Gasteiger partial charge in [0.05, 0.1) is 16.7 Å². The molecule has 148 valence electrons. The summed E-state index contributed by atoms with van der Waals surface area (Å²) in [4.78, 5) is 25.0. The molecule has 0 radical (unpaired) electrons. The van der Waals surface area contributed by atoms with E-state index in [1.807, 2.05) is 6.07 Å². The van der Waals surface area contributed by atoms with Crippen LogP contribution in [0.3, 0.4) is 0 Å². The Bertz CT molecular complexity index is 986. The summed E-state index contributed by atoms with van der Waals surface area (Å²) in [6.45, 7) is 0.738. The van der Waals surface area contributed by atoms with Crippen LogP contribution in [0.1, 0.15) is 10.4 Å². The Morgan fingerprint density at radius 2 is 1.71 bits per heavy atom. The van der Waals surface area contributed by atoms with Gasteiger partial charge in [-0.25, -0.2) is 8.42 Å². The second-order valence-electron chi connectivity index (χ2n) is 6.31. The van der Waals surface area contributed by atoms with Crippen LogP contribution < -0.4 is 4.74 Å². The molecule has 28 heavy (non-hydrogen) atoms. The Morgan fingerprint density at radius 1 is 1.07 bits per heavy atom. The van der Waals surface area contributed by atoms with E-state index in [0.29, 0.717) is 5.75 Å². The fraction of sp³-hybridized carbons (Fsp3) is 0.278. The van der Waals surface area contributed by atoms with Crippen molar-refractivity contribution >= 4 is 21.6 Å². The fourth-order valence-corrected chi connectivity index (χ4v) is 3.72. The minimum atomic E-state index is -3.33. The highest BCUT2D eigenvalue weighted by Crippen LogP contribution is 2.30. The molecule has 0 bridgehead atoms. The lowest BCUT2D eigenvalue weighted by Crippen LogP contribution is -2.50. The molecule has 0 N–H and O–H groups in total. The van der Waals surface area contributed by atoms with Gasteiger partial charge in [-0.15, -0.1) is 0 Å². The van der Waals surface area contributed by atoms with Crippen LogP contribution in [0.2, 0.25) is 0 Å². The summed E-state index contributed by atoms with van der Waals surface area (Å²) in [7, 11) is -3.33. The lowest BCUT2D eigenvalue weighted by Gasteiger charge is -2.33. The number of amides is 1. The minimum Gasteiger partial charge on any atom is -0.457 e. The number of piperazine rings is 1. The van der Waals surface area contributed by atoms with E-state index in [0.717, 1.165) is 6.26 Å². The standard InChI is InChI=1S/C18H19N3O6S/c1-28(25,26)20-11-9-19(10-12-20)18(22)16-13-14(21(23)24)7-8-17(16)27-15-5-3-2-4-6-15/h2-8,13H,9-12H2,1H3. The Kier molecular flexibility index (Phi) is 5.61. The Morgan fingerprint density at radius 3 is 2.29 bits per heavy atom. The van der Waals surface area contributed by atoms with Gasteiger partial charge in [0, 0.05) is 38.3 Å². The average molecular weight is 405 g/mol. The molecule has 0 atom stereocenters. The molecule has 0 aliphatic carbocycles. The van der Waals surface area contributed by atoms with Crippen molar-refractivity contribution in [1.82, 2.24) is 9.21 Å². The highest BCUT2D eigenvalue weighted by molar-refractivity contribution is 7.88. The quantitative estimate of drug-likeness (QED) is 0.557. The number of para-hydroxylation sites is 1. The topological polar surface area (TPSA) is 110 Å². The predicted molar refractivity (Wildman–Crippen MR) is 102 cm³/mol. The van der Waals surface area contributed by atoms with Crippen LogP contribution in [0.5, 0.6) is 11.5 Å². The third-order valence-corrected chi connectivity index (χ3v) is 5.67. The van der Waals surface area contributed by atoms with Crippen molar-refractivity contribution < 1.29 is 22.9 Å². The van der Waals surface area contributed by atoms with Crippen molar-refractivity contribution in [2.75, 3.05) is 32.4 Å². The Balaban J connectivity index is 1.87. The summed E-state index contributed by atoms with van der Waals surface area (Å²) >= 11 is 0. The monoisotopic (exact) mass is 405 g/mol.